The summed E-state index contributed by atoms with van der Waals surface area (Å²) >= 11 is 0. The molecule has 6 nitrogen and oxygen atoms in total. The summed E-state index contributed by atoms with van der Waals surface area (Å²) in [7, 11) is 1.52. The van der Waals surface area contributed by atoms with Crippen LogP contribution in [0.4, 0.5) is 0 Å². The Morgan fingerprint density at radius 2 is 2.22 bits per heavy atom. The van der Waals surface area contributed by atoms with Gasteiger partial charge in [0.2, 0.25) is 5.88 Å². The number of methoxy groups -OCH3 is 1. The lowest BCUT2D eigenvalue weighted by Crippen LogP contribution is -2.31. The second-order valence-corrected chi connectivity index (χ2v) is 3.87. The van der Waals surface area contributed by atoms with E-state index in [4.69, 9.17) is 4.74 Å². The Labute approximate surface area is 103 Å². The van der Waals surface area contributed by atoms with Crippen molar-refractivity contribution in [1.29, 1.82) is 0 Å². The lowest BCUT2D eigenvalue weighted by atomic mass is 10.2. The predicted molar refractivity (Wildman–Crippen MR) is 66.0 cm³/mol. The van der Waals surface area contributed by atoms with Crippen LogP contribution in [0.5, 0.6) is 5.88 Å². The molecule has 6 heteroatoms. The molecular weight excluding hydrogens is 234 g/mol. The van der Waals surface area contributed by atoms with Crippen molar-refractivity contribution in [3.8, 4) is 5.88 Å². The molecule has 0 unspecified atom stereocenters. The van der Waals surface area contributed by atoms with Crippen LogP contribution in [0.15, 0.2) is 34.1 Å². The largest absolute Gasteiger partial charge is 0.481 e. The molecule has 0 saturated carbocycles. The number of hydrogen-bond donors (Lipinski definition) is 1. The quantitative estimate of drug-likeness (QED) is 0.846. The summed E-state index contributed by atoms with van der Waals surface area (Å²) in [4.78, 5) is 29.2. The van der Waals surface area contributed by atoms with Crippen LogP contribution < -0.4 is 16.0 Å². The van der Waals surface area contributed by atoms with Crippen LogP contribution in [0.2, 0.25) is 0 Å². The Kier molecular flexibility index (Phi) is 3.27. The van der Waals surface area contributed by atoms with Gasteiger partial charge in [0.05, 0.1) is 13.7 Å². The van der Waals surface area contributed by atoms with E-state index >= 15 is 0 Å². The van der Waals surface area contributed by atoms with Gasteiger partial charge in [0, 0.05) is 23.5 Å². The van der Waals surface area contributed by atoms with Crippen LogP contribution >= 0.6 is 0 Å². The maximum Gasteiger partial charge on any atom is 0.328 e. The lowest BCUT2D eigenvalue weighted by Gasteiger charge is -2.09. The Bertz CT molecular complexity index is 673. The van der Waals surface area contributed by atoms with E-state index in [0.29, 0.717) is 18.0 Å². The minimum atomic E-state index is -0.448. The van der Waals surface area contributed by atoms with Gasteiger partial charge < -0.3 is 4.74 Å². The number of rotatable bonds is 3. The second-order valence-electron chi connectivity index (χ2n) is 3.87. The van der Waals surface area contributed by atoms with Gasteiger partial charge in [0.25, 0.3) is 5.56 Å². The van der Waals surface area contributed by atoms with E-state index in [-0.39, 0.29) is 5.56 Å². The second kappa shape index (κ2) is 4.87. The van der Waals surface area contributed by atoms with Gasteiger partial charge in [0.15, 0.2) is 0 Å². The summed E-state index contributed by atoms with van der Waals surface area (Å²) < 4.78 is 6.53. The number of aromatic amines is 1. The highest BCUT2D eigenvalue weighted by molar-refractivity contribution is 5.25. The topological polar surface area (TPSA) is 77.0 Å². The van der Waals surface area contributed by atoms with Gasteiger partial charge in [-0.2, -0.15) is 0 Å². The summed E-state index contributed by atoms with van der Waals surface area (Å²) in [5.74, 6) is 0.466. The fourth-order valence-corrected chi connectivity index (χ4v) is 1.65. The summed E-state index contributed by atoms with van der Waals surface area (Å²) in [5, 5.41) is 0. The molecule has 2 aromatic heterocycles. The van der Waals surface area contributed by atoms with E-state index in [1.807, 2.05) is 6.07 Å². The van der Waals surface area contributed by atoms with Crippen molar-refractivity contribution < 1.29 is 4.74 Å². The lowest BCUT2D eigenvalue weighted by molar-refractivity contribution is 0.391. The number of hydrogen-bond acceptors (Lipinski definition) is 4. The molecule has 0 bridgehead atoms. The minimum absolute atomic E-state index is 0.299. The van der Waals surface area contributed by atoms with Gasteiger partial charge in [-0.25, -0.2) is 9.78 Å². The molecule has 0 radical (unpaired) electrons. The first kappa shape index (κ1) is 12.1. The molecule has 2 aromatic rings. The van der Waals surface area contributed by atoms with Gasteiger partial charge in [-0.1, -0.05) is 6.07 Å². The standard InChI is InChI=1S/C12H13N3O3/c1-8-6-15(12(17)14-10(8)16)7-9-4-3-5-13-11(9)18-2/h3-6H,7H2,1-2H3,(H,14,16,17). The number of ether oxygens (including phenoxy) is 1. The van der Waals surface area contributed by atoms with Crippen LogP contribution in [-0.4, -0.2) is 21.6 Å². The van der Waals surface area contributed by atoms with Gasteiger partial charge in [0.1, 0.15) is 0 Å². The zero-order valence-corrected chi connectivity index (χ0v) is 10.1. The van der Waals surface area contributed by atoms with Crippen LogP contribution in [0.1, 0.15) is 11.1 Å². The fourth-order valence-electron chi connectivity index (χ4n) is 1.65. The molecule has 0 aliphatic rings. The van der Waals surface area contributed by atoms with E-state index in [0.717, 1.165) is 5.56 Å². The molecule has 2 heterocycles. The van der Waals surface area contributed by atoms with Crippen LogP contribution in [-0.2, 0) is 6.54 Å². The fraction of sp³-hybridized carbons (Fsp3) is 0.250. The number of aromatic nitrogens is 3. The smallest absolute Gasteiger partial charge is 0.328 e. The summed E-state index contributed by atoms with van der Waals surface area (Å²) in [6.07, 6.45) is 3.14. The molecule has 0 aliphatic carbocycles. The number of pyridine rings is 1. The molecule has 0 fully saturated rings. The number of nitrogens with zero attached hydrogens (tertiary/aromatic N) is 2. The zero-order chi connectivity index (χ0) is 13.1. The van der Waals surface area contributed by atoms with E-state index < -0.39 is 5.69 Å². The van der Waals surface area contributed by atoms with Crippen LogP contribution in [0.3, 0.4) is 0 Å². The molecule has 0 aromatic carbocycles. The molecule has 0 amide bonds. The average Bonchev–Trinajstić information content (AvgIpc) is 2.36. The van der Waals surface area contributed by atoms with Crippen LogP contribution in [0, 0.1) is 6.92 Å². The average molecular weight is 247 g/mol. The monoisotopic (exact) mass is 247 g/mol. The van der Waals surface area contributed by atoms with Gasteiger partial charge in [-0.15, -0.1) is 0 Å². The highest BCUT2D eigenvalue weighted by Crippen LogP contribution is 2.13. The first-order chi connectivity index (χ1) is 8.61. The first-order valence-electron chi connectivity index (χ1n) is 5.40. The molecule has 94 valence electrons. The SMILES string of the molecule is COc1ncccc1Cn1cc(C)c(=O)[nH]c1=O. The molecule has 1 N–H and O–H groups in total. The van der Waals surface area contributed by atoms with E-state index in [1.54, 1.807) is 19.2 Å². The Morgan fingerprint density at radius 1 is 1.44 bits per heavy atom. The van der Waals surface area contributed by atoms with Crippen molar-refractivity contribution in [2.75, 3.05) is 7.11 Å². The maximum absolute atomic E-state index is 11.6. The highest BCUT2D eigenvalue weighted by Gasteiger charge is 2.06. The maximum atomic E-state index is 11.6. The van der Waals surface area contributed by atoms with Crippen molar-refractivity contribution in [3.63, 3.8) is 0 Å². The van der Waals surface area contributed by atoms with Gasteiger partial charge in [-0.05, 0) is 13.0 Å². The summed E-state index contributed by atoms with van der Waals surface area (Å²) in [6.45, 7) is 1.95. The van der Waals surface area contributed by atoms with Crippen molar-refractivity contribution >= 4 is 0 Å². The van der Waals surface area contributed by atoms with Crippen molar-refractivity contribution in [2.24, 2.45) is 0 Å². The van der Waals surface area contributed by atoms with E-state index in [1.165, 1.54) is 17.9 Å². The van der Waals surface area contributed by atoms with Crippen LogP contribution in [0.25, 0.3) is 0 Å². The number of aryl methyl sites for hydroxylation is 1. The third kappa shape index (κ3) is 2.32. The Morgan fingerprint density at radius 3 is 2.94 bits per heavy atom. The summed E-state index contributed by atoms with van der Waals surface area (Å²) in [6, 6.07) is 3.58. The van der Waals surface area contributed by atoms with Crippen molar-refractivity contribution in [3.05, 3.63) is 56.5 Å². The van der Waals surface area contributed by atoms with Gasteiger partial charge >= 0.3 is 5.69 Å². The third-order valence-corrected chi connectivity index (χ3v) is 2.57. The molecule has 18 heavy (non-hydrogen) atoms. The van der Waals surface area contributed by atoms with E-state index in [9.17, 15) is 9.59 Å². The molecule has 2 rings (SSSR count). The number of H-pyrrole nitrogens is 1. The normalized spacial score (nSPS) is 10.3. The molecule has 0 aliphatic heterocycles. The van der Waals surface area contributed by atoms with Crippen molar-refractivity contribution in [1.82, 2.24) is 14.5 Å². The third-order valence-electron chi connectivity index (χ3n) is 2.57. The van der Waals surface area contributed by atoms with E-state index in [2.05, 4.69) is 9.97 Å². The molecule has 0 atom stereocenters. The predicted octanol–water partition coefficient (Wildman–Crippen LogP) is 0.297. The minimum Gasteiger partial charge on any atom is -0.481 e. The van der Waals surface area contributed by atoms with Gasteiger partial charge in [-0.3, -0.25) is 14.3 Å². The Balaban J connectivity index is 2.43. The molecule has 0 saturated heterocycles. The highest BCUT2D eigenvalue weighted by atomic mass is 16.5. The summed E-state index contributed by atoms with van der Waals surface area (Å²) in [5.41, 5.74) is 0.442. The number of nitrogens with one attached hydrogen (secondary N) is 1. The zero-order valence-electron chi connectivity index (χ0n) is 10.1. The Hall–Kier alpha value is -2.37. The molecule has 0 spiro atoms. The first-order valence-corrected chi connectivity index (χ1v) is 5.40. The molecular formula is C12H13N3O3. The van der Waals surface area contributed by atoms with Crippen molar-refractivity contribution in [2.45, 2.75) is 13.5 Å².